The van der Waals surface area contributed by atoms with Crippen LogP contribution in [0.5, 0.6) is 0 Å². The number of fused-ring (bicyclic) bond motifs is 1. The average molecular weight is 483 g/mol. The first-order valence-corrected chi connectivity index (χ1v) is 11.5. The van der Waals surface area contributed by atoms with Gasteiger partial charge in [-0.3, -0.25) is 24.1 Å². The summed E-state index contributed by atoms with van der Waals surface area (Å²) >= 11 is 11.9. The lowest BCUT2D eigenvalue weighted by Gasteiger charge is -2.29. The van der Waals surface area contributed by atoms with Crippen molar-refractivity contribution in [2.75, 3.05) is 9.80 Å². The Labute approximate surface area is 200 Å². The molecule has 0 radical (unpaired) electrons. The highest BCUT2D eigenvalue weighted by atomic mass is 35.5. The van der Waals surface area contributed by atoms with Crippen molar-refractivity contribution in [1.82, 2.24) is 0 Å². The van der Waals surface area contributed by atoms with Crippen molar-refractivity contribution in [3.8, 4) is 0 Å². The van der Waals surface area contributed by atoms with Gasteiger partial charge in [0.2, 0.25) is 23.6 Å². The molecule has 0 saturated carbocycles. The molecule has 2 aromatic rings. The van der Waals surface area contributed by atoms with Gasteiger partial charge < -0.3 is 0 Å². The zero-order valence-electron chi connectivity index (χ0n) is 17.7. The molecule has 3 aliphatic rings. The van der Waals surface area contributed by atoms with E-state index in [4.69, 9.17) is 23.2 Å². The zero-order valence-corrected chi connectivity index (χ0v) is 19.2. The average Bonchev–Trinajstić information content (AvgIpc) is 3.22. The van der Waals surface area contributed by atoms with Crippen LogP contribution in [-0.2, 0) is 19.2 Å². The molecule has 2 aliphatic heterocycles. The highest BCUT2D eigenvalue weighted by Gasteiger charge is 2.53. The van der Waals surface area contributed by atoms with E-state index >= 15 is 0 Å². The van der Waals surface area contributed by atoms with Gasteiger partial charge in [-0.1, -0.05) is 34.9 Å². The van der Waals surface area contributed by atoms with Crippen LogP contribution >= 0.6 is 23.2 Å². The molecule has 0 spiro atoms. The Bertz CT molecular complexity index is 1210. The molecule has 6 nitrogen and oxygen atoms in total. The lowest BCUT2D eigenvalue weighted by atomic mass is 9.71. The smallest absolute Gasteiger partial charge is 0.241 e. The van der Waals surface area contributed by atoms with Crippen molar-refractivity contribution in [2.24, 2.45) is 23.7 Å². The predicted octanol–water partition coefficient (Wildman–Crippen LogP) is 4.64. The van der Waals surface area contributed by atoms with Crippen molar-refractivity contribution in [2.45, 2.75) is 19.8 Å². The molecule has 5 rings (SSSR count). The zero-order chi connectivity index (χ0) is 23.4. The summed E-state index contributed by atoms with van der Waals surface area (Å²) in [5.74, 6) is -3.11. The normalized spacial score (nSPS) is 27.3. The van der Waals surface area contributed by atoms with Gasteiger partial charge in [-0.05, 0) is 67.8 Å². The first-order valence-electron chi connectivity index (χ1n) is 10.7. The number of halogens is 2. The maximum Gasteiger partial charge on any atom is 0.241 e. The number of hydrogen-bond acceptors (Lipinski definition) is 4. The fourth-order valence-electron chi connectivity index (χ4n) is 5.26. The second-order valence-electron chi connectivity index (χ2n) is 8.74. The summed E-state index contributed by atoms with van der Waals surface area (Å²) in [5.41, 5.74) is 1.72. The molecule has 0 unspecified atom stereocenters. The second-order valence-corrected chi connectivity index (χ2v) is 9.61. The van der Waals surface area contributed by atoms with Gasteiger partial charge in [0.15, 0.2) is 0 Å². The third kappa shape index (κ3) is 3.58. The third-order valence-electron chi connectivity index (χ3n) is 6.79. The van der Waals surface area contributed by atoms with Gasteiger partial charge in [0.1, 0.15) is 0 Å². The van der Waals surface area contributed by atoms with E-state index in [1.165, 1.54) is 9.80 Å². The summed E-state index contributed by atoms with van der Waals surface area (Å²) in [4.78, 5) is 54.8. The van der Waals surface area contributed by atoms with Crippen molar-refractivity contribution >= 4 is 58.2 Å². The number of hydrogen-bond donors (Lipinski definition) is 0. The maximum absolute atomic E-state index is 13.3. The number of nitrogens with zero attached hydrogens (tertiary/aromatic N) is 2. The minimum atomic E-state index is -0.573. The Morgan fingerprint density at radius 1 is 0.727 bits per heavy atom. The number of allylic oxidation sites excluding steroid dienone is 1. The van der Waals surface area contributed by atoms with Crippen LogP contribution in [0.15, 0.2) is 60.2 Å². The lowest BCUT2D eigenvalue weighted by molar-refractivity contribution is -0.125. The SMILES string of the molecule is CC1=C[C@H]([C@@H]2CC(=O)N(c3ccc(Cl)cc3)C2=O)C[C@H]2C(=O)N(c3ccc(Cl)cc3)C(=O)[C@@H]12. The number of rotatable bonds is 3. The van der Waals surface area contributed by atoms with E-state index < -0.39 is 17.8 Å². The molecule has 1 aliphatic carbocycles. The summed E-state index contributed by atoms with van der Waals surface area (Å²) in [6.07, 6.45) is 2.31. The fraction of sp³-hybridized carbons (Fsp3) is 0.280. The molecule has 0 aromatic heterocycles. The standard InChI is InChI=1S/C25H20Cl2N2O4/c1-13-10-14(19-12-21(30)28(23(19)31)17-6-2-15(26)3-7-17)11-20-22(13)25(33)29(24(20)32)18-8-4-16(27)5-9-18/h2-10,14,19-20,22H,11-12H2,1H3/t14-,19-,20+,22-/m0/s1. The van der Waals surface area contributed by atoms with E-state index in [1.54, 1.807) is 48.5 Å². The van der Waals surface area contributed by atoms with Crippen molar-refractivity contribution in [3.63, 3.8) is 0 Å². The summed E-state index contributed by atoms with van der Waals surface area (Å²) in [5, 5.41) is 1.03. The minimum Gasteiger partial charge on any atom is -0.274 e. The number of anilines is 2. The van der Waals surface area contributed by atoms with Crippen LogP contribution in [0.25, 0.3) is 0 Å². The van der Waals surface area contributed by atoms with Crippen molar-refractivity contribution < 1.29 is 19.2 Å². The Balaban J connectivity index is 1.41. The number of carbonyl (C=O) groups excluding carboxylic acids is 4. The molecule has 0 bridgehead atoms. The number of imide groups is 2. The Hall–Kier alpha value is -2.96. The summed E-state index contributed by atoms with van der Waals surface area (Å²) in [6, 6.07) is 13.1. The van der Waals surface area contributed by atoms with E-state index in [9.17, 15) is 19.2 Å². The maximum atomic E-state index is 13.3. The van der Waals surface area contributed by atoms with Gasteiger partial charge >= 0.3 is 0 Å². The molecular weight excluding hydrogens is 463 g/mol. The lowest BCUT2D eigenvalue weighted by Crippen LogP contribution is -2.35. The molecule has 2 aromatic carbocycles. The Morgan fingerprint density at radius 3 is 1.82 bits per heavy atom. The van der Waals surface area contributed by atoms with Crippen molar-refractivity contribution in [3.05, 3.63) is 70.2 Å². The van der Waals surface area contributed by atoms with Gasteiger partial charge in [-0.25, -0.2) is 4.90 Å². The molecule has 2 heterocycles. The topological polar surface area (TPSA) is 74.8 Å². The molecular formula is C25H20Cl2N2O4. The van der Waals surface area contributed by atoms with Crippen LogP contribution in [0.1, 0.15) is 19.8 Å². The first-order chi connectivity index (χ1) is 15.8. The van der Waals surface area contributed by atoms with Crippen LogP contribution in [0.3, 0.4) is 0 Å². The molecule has 4 atom stereocenters. The summed E-state index contributed by atoms with van der Waals surface area (Å²) < 4.78 is 0. The van der Waals surface area contributed by atoms with Crippen LogP contribution in [-0.4, -0.2) is 23.6 Å². The molecule has 0 N–H and O–H groups in total. The first kappa shape index (κ1) is 21.9. The van der Waals surface area contributed by atoms with Gasteiger partial charge in [-0.15, -0.1) is 0 Å². The van der Waals surface area contributed by atoms with Crippen LogP contribution in [0.2, 0.25) is 10.0 Å². The van der Waals surface area contributed by atoms with Gasteiger partial charge in [0.25, 0.3) is 0 Å². The Kier molecular flexibility index (Phi) is 5.38. The van der Waals surface area contributed by atoms with Crippen LogP contribution < -0.4 is 9.80 Å². The highest BCUT2D eigenvalue weighted by Crippen LogP contribution is 2.46. The van der Waals surface area contributed by atoms with E-state index in [2.05, 4.69) is 0 Å². The Morgan fingerprint density at radius 2 is 1.24 bits per heavy atom. The molecule has 8 heteroatoms. The van der Waals surface area contributed by atoms with Crippen molar-refractivity contribution in [1.29, 1.82) is 0 Å². The minimum absolute atomic E-state index is 0.0658. The van der Waals surface area contributed by atoms with Gasteiger partial charge in [0, 0.05) is 16.5 Å². The monoisotopic (exact) mass is 482 g/mol. The van der Waals surface area contributed by atoms with E-state index in [1.807, 2.05) is 13.0 Å². The van der Waals surface area contributed by atoms with Crippen LogP contribution in [0, 0.1) is 23.7 Å². The molecule has 2 saturated heterocycles. The largest absolute Gasteiger partial charge is 0.274 e. The molecule has 168 valence electrons. The van der Waals surface area contributed by atoms with Gasteiger partial charge in [0.05, 0.1) is 29.1 Å². The summed E-state index contributed by atoms with van der Waals surface area (Å²) in [6.45, 7) is 1.82. The predicted molar refractivity (Wildman–Crippen MR) is 125 cm³/mol. The number of carbonyl (C=O) groups is 4. The quantitative estimate of drug-likeness (QED) is 0.471. The van der Waals surface area contributed by atoms with E-state index in [0.29, 0.717) is 27.8 Å². The number of benzene rings is 2. The highest BCUT2D eigenvalue weighted by molar-refractivity contribution is 6.31. The molecule has 33 heavy (non-hydrogen) atoms. The number of amides is 4. The van der Waals surface area contributed by atoms with Gasteiger partial charge in [-0.2, -0.15) is 0 Å². The van der Waals surface area contributed by atoms with E-state index in [0.717, 1.165) is 5.57 Å². The summed E-state index contributed by atoms with van der Waals surface area (Å²) in [7, 11) is 0. The molecule has 2 fully saturated rings. The molecule has 4 amide bonds. The van der Waals surface area contributed by atoms with Crippen LogP contribution in [0.4, 0.5) is 11.4 Å². The van der Waals surface area contributed by atoms with E-state index in [-0.39, 0.29) is 36.0 Å². The second kappa shape index (κ2) is 8.12. The third-order valence-corrected chi connectivity index (χ3v) is 7.29. The fourth-order valence-corrected chi connectivity index (χ4v) is 5.51.